The number of benzene rings is 3. The summed E-state index contributed by atoms with van der Waals surface area (Å²) in [6.07, 6.45) is 0. The monoisotopic (exact) mass is 423 g/mol. The fourth-order valence-electron chi connectivity index (χ4n) is 3.05. The molecule has 0 aliphatic carbocycles. The van der Waals surface area contributed by atoms with E-state index in [1.165, 1.54) is 4.68 Å². The van der Waals surface area contributed by atoms with Crippen LogP contribution in [0.1, 0.15) is 16.1 Å². The highest BCUT2D eigenvalue weighted by Gasteiger charge is 2.18. The lowest BCUT2D eigenvalue weighted by Crippen LogP contribution is -2.28. The predicted octanol–water partition coefficient (Wildman–Crippen LogP) is 5.00. The summed E-state index contributed by atoms with van der Waals surface area (Å²) in [5, 5.41) is 8.55. The first-order chi connectivity index (χ1) is 14.0. The Balaban J connectivity index is 1.80. The third-order valence-corrected chi connectivity index (χ3v) is 5.28. The summed E-state index contributed by atoms with van der Waals surface area (Å²) in [7, 11) is 0. The lowest BCUT2D eigenvalue weighted by Gasteiger charge is -2.12. The average Bonchev–Trinajstić information content (AvgIpc) is 2.74. The van der Waals surface area contributed by atoms with Gasteiger partial charge in [0.15, 0.2) is 5.69 Å². The lowest BCUT2D eigenvalue weighted by atomic mass is 10.1. The van der Waals surface area contributed by atoms with Crippen molar-refractivity contribution < 1.29 is 4.79 Å². The average molecular weight is 424 g/mol. The summed E-state index contributed by atoms with van der Waals surface area (Å²) in [5.74, 6) is -0.479. The summed E-state index contributed by atoms with van der Waals surface area (Å²) in [6.45, 7) is 0.253. The Morgan fingerprint density at radius 1 is 0.897 bits per heavy atom. The van der Waals surface area contributed by atoms with Crippen LogP contribution in [0.15, 0.2) is 77.6 Å². The molecular weight excluding hydrogens is 409 g/mol. The molecule has 0 unspecified atom stereocenters. The zero-order chi connectivity index (χ0) is 20.4. The molecule has 1 amide bonds. The zero-order valence-corrected chi connectivity index (χ0v) is 16.6. The lowest BCUT2D eigenvalue weighted by molar-refractivity contribution is 0.102. The Morgan fingerprint density at radius 2 is 1.59 bits per heavy atom. The first-order valence-corrected chi connectivity index (χ1v) is 9.59. The van der Waals surface area contributed by atoms with Crippen molar-refractivity contribution in [1.29, 1.82) is 0 Å². The standard InChI is InChI=1S/C22H15Cl2N3O2/c23-17-11-6-12-18(19(17)24)25-21(28)20-15-9-4-5-10-16(15)22(29)27(26-20)13-14-7-2-1-3-8-14/h1-12H,13H2,(H,25,28). The molecule has 0 radical (unpaired) electrons. The molecule has 5 nitrogen and oxygen atoms in total. The van der Waals surface area contributed by atoms with Gasteiger partial charge in [0.1, 0.15) is 0 Å². The van der Waals surface area contributed by atoms with Gasteiger partial charge in [-0.1, -0.05) is 77.8 Å². The zero-order valence-electron chi connectivity index (χ0n) is 15.1. The third-order valence-electron chi connectivity index (χ3n) is 4.46. The van der Waals surface area contributed by atoms with E-state index in [1.54, 1.807) is 42.5 Å². The molecule has 4 aromatic rings. The molecule has 144 valence electrons. The second-order valence-corrected chi connectivity index (χ2v) is 7.18. The van der Waals surface area contributed by atoms with Crippen molar-refractivity contribution in [2.45, 2.75) is 6.54 Å². The number of rotatable bonds is 4. The molecule has 4 rings (SSSR count). The number of carbonyl (C=O) groups excluding carboxylic acids is 1. The molecule has 3 aromatic carbocycles. The van der Waals surface area contributed by atoms with Gasteiger partial charge in [-0.05, 0) is 23.8 Å². The van der Waals surface area contributed by atoms with Crippen molar-refractivity contribution in [3.63, 3.8) is 0 Å². The van der Waals surface area contributed by atoms with Crippen molar-refractivity contribution in [3.8, 4) is 0 Å². The molecule has 0 aliphatic rings. The van der Waals surface area contributed by atoms with Gasteiger partial charge in [0.25, 0.3) is 11.5 Å². The number of halogens is 2. The van der Waals surface area contributed by atoms with Crippen LogP contribution in [-0.2, 0) is 6.54 Å². The molecule has 1 N–H and O–H groups in total. The summed E-state index contributed by atoms with van der Waals surface area (Å²) in [5.41, 5.74) is 1.14. The number of anilines is 1. The van der Waals surface area contributed by atoms with E-state index in [4.69, 9.17) is 23.2 Å². The van der Waals surface area contributed by atoms with Crippen LogP contribution >= 0.6 is 23.2 Å². The molecule has 1 aromatic heterocycles. The molecule has 0 saturated heterocycles. The number of hydrogen-bond acceptors (Lipinski definition) is 3. The van der Waals surface area contributed by atoms with Crippen LogP contribution in [0.2, 0.25) is 10.0 Å². The quantitative estimate of drug-likeness (QED) is 0.501. The minimum absolute atomic E-state index is 0.132. The van der Waals surface area contributed by atoms with Crippen LogP contribution in [0.25, 0.3) is 10.8 Å². The van der Waals surface area contributed by atoms with Gasteiger partial charge in [0.2, 0.25) is 0 Å². The van der Waals surface area contributed by atoms with E-state index in [-0.39, 0.29) is 22.8 Å². The normalized spacial score (nSPS) is 10.8. The molecular formula is C22H15Cl2N3O2. The van der Waals surface area contributed by atoms with Gasteiger partial charge in [0, 0.05) is 5.39 Å². The van der Waals surface area contributed by atoms with Crippen molar-refractivity contribution >= 4 is 45.6 Å². The van der Waals surface area contributed by atoms with Crippen LogP contribution in [0.4, 0.5) is 5.69 Å². The van der Waals surface area contributed by atoms with Gasteiger partial charge in [0.05, 0.1) is 27.7 Å². The Labute approximate surface area is 176 Å². The fraction of sp³-hybridized carbons (Fsp3) is 0.0455. The second kappa shape index (κ2) is 8.07. The van der Waals surface area contributed by atoms with Gasteiger partial charge in [-0.3, -0.25) is 9.59 Å². The highest BCUT2D eigenvalue weighted by molar-refractivity contribution is 6.44. The molecule has 0 spiro atoms. The van der Waals surface area contributed by atoms with Gasteiger partial charge < -0.3 is 5.32 Å². The first-order valence-electron chi connectivity index (χ1n) is 8.84. The number of aromatic nitrogens is 2. The van der Waals surface area contributed by atoms with E-state index < -0.39 is 5.91 Å². The van der Waals surface area contributed by atoms with Crippen molar-refractivity contribution in [1.82, 2.24) is 9.78 Å². The minimum atomic E-state index is -0.479. The molecule has 0 aliphatic heterocycles. The highest BCUT2D eigenvalue weighted by Crippen LogP contribution is 2.30. The smallest absolute Gasteiger partial charge is 0.276 e. The summed E-state index contributed by atoms with van der Waals surface area (Å²) in [4.78, 5) is 25.9. The summed E-state index contributed by atoms with van der Waals surface area (Å²) >= 11 is 12.2. The number of hydrogen-bond donors (Lipinski definition) is 1. The van der Waals surface area contributed by atoms with E-state index in [9.17, 15) is 9.59 Å². The minimum Gasteiger partial charge on any atom is -0.319 e. The van der Waals surface area contributed by atoms with Gasteiger partial charge >= 0.3 is 0 Å². The Morgan fingerprint density at radius 3 is 2.34 bits per heavy atom. The molecule has 0 atom stereocenters. The topological polar surface area (TPSA) is 64.0 Å². The Kier molecular flexibility index (Phi) is 5.34. The highest BCUT2D eigenvalue weighted by atomic mass is 35.5. The molecule has 0 fully saturated rings. The molecule has 7 heteroatoms. The number of nitrogens with one attached hydrogen (secondary N) is 1. The third kappa shape index (κ3) is 3.88. The van der Waals surface area contributed by atoms with E-state index >= 15 is 0 Å². The molecule has 0 saturated carbocycles. The predicted molar refractivity (Wildman–Crippen MR) is 116 cm³/mol. The maximum Gasteiger partial charge on any atom is 0.276 e. The van der Waals surface area contributed by atoms with Crippen LogP contribution in [0.3, 0.4) is 0 Å². The van der Waals surface area contributed by atoms with E-state index in [1.807, 2.05) is 30.3 Å². The number of fused-ring (bicyclic) bond motifs is 1. The van der Waals surface area contributed by atoms with Gasteiger partial charge in [-0.15, -0.1) is 0 Å². The van der Waals surface area contributed by atoms with Crippen LogP contribution in [0, 0.1) is 0 Å². The second-order valence-electron chi connectivity index (χ2n) is 6.40. The van der Waals surface area contributed by atoms with Crippen molar-refractivity contribution in [2.24, 2.45) is 0 Å². The maximum atomic E-state index is 13.0. The fourth-order valence-corrected chi connectivity index (χ4v) is 3.40. The van der Waals surface area contributed by atoms with Gasteiger partial charge in [-0.25, -0.2) is 4.68 Å². The van der Waals surface area contributed by atoms with Crippen molar-refractivity contribution in [3.05, 3.63) is 104 Å². The van der Waals surface area contributed by atoms with Crippen LogP contribution in [0.5, 0.6) is 0 Å². The number of nitrogens with zero attached hydrogens (tertiary/aromatic N) is 2. The summed E-state index contributed by atoms with van der Waals surface area (Å²) in [6, 6.07) is 21.3. The first kappa shape index (κ1) is 19.2. The van der Waals surface area contributed by atoms with E-state index in [0.717, 1.165) is 5.56 Å². The summed E-state index contributed by atoms with van der Waals surface area (Å²) < 4.78 is 1.30. The molecule has 1 heterocycles. The van der Waals surface area contributed by atoms with Crippen molar-refractivity contribution in [2.75, 3.05) is 5.32 Å². The Bertz CT molecular complexity index is 1270. The van der Waals surface area contributed by atoms with Crippen LogP contribution in [-0.4, -0.2) is 15.7 Å². The number of carbonyl (C=O) groups is 1. The van der Waals surface area contributed by atoms with Gasteiger partial charge in [-0.2, -0.15) is 5.10 Å². The largest absolute Gasteiger partial charge is 0.319 e. The van der Waals surface area contributed by atoms with Crippen LogP contribution < -0.4 is 10.9 Å². The Hall–Kier alpha value is -3.15. The molecule has 29 heavy (non-hydrogen) atoms. The van der Waals surface area contributed by atoms with E-state index in [2.05, 4.69) is 10.4 Å². The maximum absolute atomic E-state index is 13.0. The SMILES string of the molecule is O=C(Nc1cccc(Cl)c1Cl)c1nn(Cc2ccccc2)c(=O)c2ccccc12. The number of amides is 1. The van der Waals surface area contributed by atoms with E-state index in [0.29, 0.717) is 21.5 Å². The molecule has 0 bridgehead atoms.